The van der Waals surface area contributed by atoms with Gasteiger partial charge in [0.05, 0.1) is 11.3 Å². The second-order valence-corrected chi connectivity index (χ2v) is 10.5. The lowest BCUT2D eigenvalue weighted by molar-refractivity contribution is -0.134. The smallest absolute Gasteiger partial charge is 0.272 e. The Labute approximate surface area is 203 Å². The lowest BCUT2D eigenvalue weighted by atomic mass is 9.85. The molecule has 0 saturated carbocycles. The average molecular weight is 492 g/mol. The van der Waals surface area contributed by atoms with E-state index < -0.39 is 34.8 Å². The molecule has 1 aromatic carbocycles. The molecule has 1 fully saturated rings. The van der Waals surface area contributed by atoms with Crippen LogP contribution in [0.3, 0.4) is 0 Å². The van der Waals surface area contributed by atoms with Gasteiger partial charge in [-0.3, -0.25) is 9.59 Å². The standard InChI is InChI=1S/C25H32F3N5O2/c1-25(2,3)21(24(35)32-9-5-6-10-32)30-23(34)20-19-14-31(4)8-7-11-33(19)22(29-20)15-12-17(27)18(28)13-16(15)26/h12-13,21H,5-11,14H2,1-4H3,(H,30,34). The van der Waals surface area contributed by atoms with E-state index in [2.05, 4.69) is 10.3 Å². The van der Waals surface area contributed by atoms with Crippen LogP contribution in [0, 0.1) is 22.9 Å². The first-order valence-electron chi connectivity index (χ1n) is 12.0. The zero-order chi connectivity index (χ0) is 25.5. The van der Waals surface area contributed by atoms with E-state index >= 15 is 0 Å². The molecule has 1 saturated heterocycles. The molecule has 2 aliphatic heterocycles. The van der Waals surface area contributed by atoms with Gasteiger partial charge in [0.1, 0.15) is 17.7 Å². The van der Waals surface area contributed by atoms with Crippen LogP contribution in [-0.4, -0.2) is 63.9 Å². The van der Waals surface area contributed by atoms with E-state index in [4.69, 9.17) is 0 Å². The van der Waals surface area contributed by atoms with Gasteiger partial charge in [-0.15, -0.1) is 0 Å². The molecule has 4 rings (SSSR count). The molecule has 1 atom stereocenters. The van der Waals surface area contributed by atoms with Crippen molar-refractivity contribution < 1.29 is 22.8 Å². The molecule has 3 heterocycles. The average Bonchev–Trinajstić information content (AvgIpc) is 3.38. The van der Waals surface area contributed by atoms with Crippen molar-refractivity contribution in [3.63, 3.8) is 0 Å². The second kappa shape index (κ2) is 9.64. The van der Waals surface area contributed by atoms with Crippen LogP contribution in [0.25, 0.3) is 11.4 Å². The van der Waals surface area contributed by atoms with Crippen LogP contribution in [-0.2, 0) is 17.9 Å². The molecule has 1 N–H and O–H groups in total. The Balaban J connectivity index is 1.75. The number of rotatable bonds is 4. The van der Waals surface area contributed by atoms with E-state index in [-0.39, 0.29) is 23.0 Å². The number of amides is 2. The fourth-order valence-electron chi connectivity index (χ4n) is 4.77. The number of nitrogens with one attached hydrogen (secondary N) is 1. The molecule has 190 valence electrons. The van der Waals surface area contributed by atoms with Crippen LogP contribution in [0.15, 0.2) is 12.1 Å². The molecule has 2 amide bonds. The predicted molar refractivity (Wildman–Crippen MR) is 125 cm³/mol. The van der Waals surface area contributed by atoms with Gasteiger partial charge in [0.15, 0.2) is 17.3 Å². The highest BCUT2D eigenvalue weighted by molar-refractivity contribution is 5.98. The van der Waals surface area contributed by atoms with Gasteiger partial charge >= 0.3 is 0 Å². The molecule has 7 nitrogen and oxygen atoms in total. The second-order valence-electron chi connectivity index (χ2n) is 10.5. The molecule has 35 heavy (non-hydrogen) atoms. The van der Waals surface area contributed by atoms with Gasteiger partial charge in [-0.1, -0.05) is 20.8 Å². The summed E-state index contributed by atoms with van der Waals surface area (Å²) in [5.74, 6) is -4.07. The van der Waals surface area contributed by atoms with Crippen molar-refractivity contribution in [2.45, 2.75) is 59.2 Å². The monoisotopic (exact) mass is 491 g/mol. The third kappa shape index (κ3) is 5.07. The molecule has 0 radical (unpaired) electrons. The fourth-order valence-corrected chi connectivity index (χ4v) is 4.77. The van der Waals surface area contributed by atoms with E-state index in [1.54, 1.807) is 9.47 Å². The lowest BCUT2D eigenvalue weighted by Crippen LogP contribution is -2.54. The van der Waals surface area contributed by atoms with Crippen molar-refractivity contribution in [2.75, 3.05) is 26.7 Å². The molecular formula is C25H32F3N5O2. The maximum Gasteiger partial charge on any atom is 0.272 e. The summed E-state index contributed by atoms with van der Waals surface area (Å²) in [4.78, 5) is 35.0. The summed E-state index contributed by atoms with van der Waals surface area (Å²) in [5.41, 5.74) is -0.170. The Bertz CT molecular complexity index is 1140. The van der Waals surface area contributed by atoms with Crippen LogP contribution in [0.2, 0.25) is 0 Å². The van der Waals surface area contributed by atoms with Gasteiger partial charge in [-0.25, -0.2) is 18.2 Å². The van der Waals surface area contributed by atoms with E-state index in [9.17, 15) is 22.8 Å². The van der Waals surface area contributed by atoms with Gasteiger partial charge in [-0.2, -0.15) is 0 Å². The van der Waals surface area contributed by atoms with Gasteiger partial charge in [-0.05, 0) is 44.3 Å². The quantitative estimate of drug-likeness (QED) is 0.664. The zero-order valence-electron chi connectivity index (χ0n) is 20.6. The van der Waals surface area contributed by atoms with Crippen molar-refractivity contribution >= 4 is 11.8 Å². The van der Waals surface area contributed by atoms with Crippen molar-refractivity contribution in [3.8, 4) is 11.4 Å². The molecule has 0 bridgehead atoms. The third-order valence-corrected chi connectivity index (χ3v) is 6.69. The number of carbonyl (C=O) groups excluding carboxylic acids is 2. The maximum absolute atomic E-state index is 14.7. The van der Waals surface area contributed by atoms with Crippen LogP contribution in [0.5, 0.6) is 0 Å². The minimum atomic E-state index is -1.29. The summed E-state index contributed by atoms with van der Waals surface area (Å²) in [6, 6.07) is 0.474. The number of aromatic nitrogens is 2. The summed E-state index contributed by atoms with van der Waals surface area (Å²) in [7, 11) is 1.90. The van der Waals surface area contributed by atoms with Crippen molar-refractivity contribution in [2.24, 2.45) is 5.41 Å². The molecule has 2 aliphatic rings. The number of imidazole rings is 1. The van der Waals surface area contributed by atoms with E-state index in [1.807, 2.05) is 32.7 Å². The molecule has 0 spiro atoms. The first kappa shape index (κ1) is 25.2. The van der Waals surface area contributed by atoms with Gasteiger partial charge in [0.25, 0.3) is 5.91 Å². The Kier molecular flexibility index (Phi) is 6.95. The van der Waals surface area contributed by atoms with Gasteiger partial charge in [0.2, 0.25) is 5.91 Å². The molecule has 1 unspecified atom stereocenters. The van der Waals surface area contributed by atoms with E-state index in [1.165, 1.54) is 0 Å². The largest absolute Gasteiger partial charge is 0.341 e. The minimum Gasteiger partial charge on any atom is -0.341 e. The SMILES string of the molecule is CN1CCCn2c(-c3cc(F)c(F)cc3F)nc(C(=O)NC(C(=O)N3CCCC3)C(C)(C)C)c2C1. The van der Waals surface area contributed by atoms with Crippen LogP contribution < -0.4 is 5.32 Å². The number of fused-ring (bicyclic) bond motifs is 1. The Morgan fingerprint density at radius 3 is 2.29 bits per heavy atom. The number of benzene rings is 1. The zero-order valence-corrected chi connectivity index (χ0v) is 20.6. The number of carbonyl (C=O) groups is 2. The van der Waals surface area contributed by atoms with E-state index in [0.29, 0.717) is 44.4 Å². The van der Waals surface area contributed by atoms with Gasteiger partial charge in [0, 0.05) is 32.2 Å². The summed E-state index contributed by atoms with van der Waals surface area (Å²) < 4.78 is 44.0. The molecule has 2 aromatic rings. The number of nitrogens with zero attached hydrogens (tertiary/aromatic N) is 4. The van der Waals surface area contributed by atoms with Gasteiger partial charge < -0.3 is 19.7 Å². The molecule has 0 aliphatic carbocycles. The Morgan fingerprint density at radius 2 is 1.63 bits per heavy atom. The van der Waals surface area contributed by atoms with Crippen molar-refractivity contribution in [1.82, 2.24) is 24.7 Å². The summed E-state index contributed by atoms with van der Waals surface area (Å²) in [6.45, 7) is 8.50. The fraction of sp³-hybridized carbons (Fsp3) is 0.560. The number of likely N-dealkylation sites (tertiary alicyclic amines) is 1. The Morgan fingerprint density at radius 1 is 0.971 bits per heavy atom. The third-order valence-electron chi connectivity index (χ3n) is 6.69. The topological polar surface area (TPSA) is 70.5 Å². The van der Waals surface area contributed by atoms with Crippen LogP contribution >= 0.6 is 0 Å². The number of hydrogen-bond donors (Lipinski definition) is 1. The highest BCUT2D eigenvalue weighted by atomic mass is 19.2. The summed E-state index contributed by atoms with van der Waals surface area (Å²) >= 11 is 0. The predicted octanol–water partition coefficient (Wildman–Crippen LogP) is 3.57. The first-order valence-corrected chi connectivity index (χ1v) is 12.0. The molecule has 10 heteroatoms. The van der Waals surface area contributed by atoms with Crippen molar-refractivity contribution in [3.05, 3.63) is 41.0 Å². The normalized spacial score (nSPS) is 17.7. The number of hydrogen-bond acceptors (Lipinski definition) is 4. The minimum absolute atomic E-state index is 0.0568. The lowest BCUT2D eigenvalue weighted by Gasteiger charge is -2.33. The van der Waals surface area contributed by atoms with Crippen LogP contribution in [0.4, 0.5) is 13.2 Å². The van der Waals surface area contributed by atoms with E-state index in [0.717, 1.165) is 25.5 Å². The maximum atomic E-state index is 14.7. The highest BCUT2D eigenvalue weighted by Gasteiger charge is 2.38. The number of halogens is 3. The first-order chi connectivity index (χ1) is 16.5. The molecular weight excluding hydrogens is 459 g/mol. The molecule has 1 aromatic heterocycles. The van der Waals surface area contributed by atoms with Crippen LogP contribution in [0.1, 0.15) is 56.2 Å². The summed E-state index contributed by atoms with van der Waals surface area (Å²) in [5, 5.41) is 2.88. The van der Waals surface area contributed by atoms with Crippen molar-refractivity contribution in [1.29, 1.82) is 0 Å². The Hall–Kier alpha value is -2.88. The summed E-state index contributed by atoms with van der Waals surface area (Å²) in [6.07, 6.45) is 2.57. The highest BCUT2D eigenvalue weighted by Crippen LogP contribution is 2.30.